The molecule has 0 amide bonds. The van der Waals surface area contributed by atoms with Gasteiger partial charge in [-0.15, -0.1) is 0 Å². The summed E-state index contributed by atoms with van der Waals surface area (Å²) in [5.74, 6) is 0. The Hall–Kier alpha value is -0.590. The summed E-state index contributed by atoms with van der Waals surface area (Å²) in [6.07, 6.45) is 7.94. The molecule has 0 aliphatic rings. The lowest BCUT2D eigenvalue weighted by Gasteiger charge is -2.18. The first-order valence-corrected chi connectivity index (χ1v) is 9.33. The molecule has 1 unspecified atom stereocenters. The number of benzene rings is 1. The molecule has 0 spiro atoms. The van der Waals surface area contributed by atoms with E-state index in [1.54, 1.807) is 0 Å². The van der Waals surface area contributed by atoms with Crippen LogP contribution in [0.3, 0.4) is 0 Å². The molecule has 2 nitrogen and oxygen atoms in total. The average Bonchev–Trinajstić information content (AvgIpc) is 2.44. The molecular weight excluding hydrogens is 255 g/mol. The van der Waals surface area contributed by atoms with Crippen LogP contribution in [0.2, 0.25) is 0 Å². The van der Waals surface area contributed by atoms with Crippen LogP contribution in [0.4, 0.5) is 0 Å². The summed E-state index contributed by atoms with van der Waals surface area (Å²) < 4.78 is 18.5. The minimum atomic E-state index is -2.63. The maximum absolute atomic E-state index is 12.9. The van der Waals surface area contributed by atoms with Gasteiger partial charge in [0.25, 0.3) is 0 Å². The predicted molar refractivity (Wildman–Crippen MR) is 83.6 cm³/mol. The first-order valence-electron chi connectivity index (χ1n) is 7.52. The van der Waals surface area contributed by atoms with E-state index in [9.17, 15) is 4.57 Å². The van der Waals surface area contributed by atoms with E-state index in [0.717, 1.165) is 18.1 Å². The van der Waals surface area contributed by atoms with Crippen LogP contribution in [0.15, 0.2) is 30.3 Å². The van der Waals surface area contributed by atoms with Gasteiger partial charge in [-0.25, -0.2) is 0 Å². The van der Waals surface area contributed by atoms with Crippen molar-refractivity contribution >= 4 is 12.7 Å². The lowest BCUT2D eigenvalue weighted by Crippen LogP contribution is -2.10. The van der Waals surface area contributed by atoms with Crippen LogP contribution >= 0.6 is 7.37 Å². The molecule has 0 aromatic heterocycles. The zero-order chi connectivity index (χ0) is 14.0. The van der Waals surface area contributed by atoms with Crippen molar-refractivity contribution < 1.29 is 9.09 Å². The van der Waals surface area contributed by atoms with Gasteiger partial charge in [-0.1, -0.05) is 57.2 Å². The van der Waals surface area contributed by atoms with E-state index in [-0.39, 0.29) is 0 Å². The minimum Gasteiger partial charge on any atom is -0.326 e. The molecule has 0 radical (unpaired) electrons. The SMILES string of the molecule is CCCCCCCCP(=O)(OCC)c1ccccc1. The van der Waals surface area contributed by atoms with E-state index < -0.39 is 7.37 Å². The molecule has 0 fully saturated rings. The van der Waals surface area contributed by atoms with E-state index in [0.29, 0.717) is 12.8 Å². The van der Waals surface area contributed by atoms with Crippen molar-refractivity contribution in [2.45, 2.75) is 52.4 Å². The summed E-state index contributed by atoms with van der Waals surface area (Å²) in [4.78, 5) is 0. The van der Waals surface area contributed by atoms with Crippen LogP contribution in [0.5, 0.6) is 0 Å². The van der Waals surface area contributed by atoms with Gasteiger partial charge in [0, 0.05) is 11.5 Å². The van der Waals surface area contributed by atoms with Crippen molar-refractivity contribution in [3.05, 3.63) is 30.3 Å². The molecule has 0 saturated heterocycles. The lowest BCUT2D eigenvalue weighted by atomic mass is 10.1. The lowest BCUT2D eigenvalue weighted by molar-refractivity contribution is 0.339. The Kier molecular flexibility index (Phi) is 8.09. The molecule has 1 aromatic rings. The Bertz CT molecular complexity index is 376. The predicted octanol–water partition coefficient (Wildman–Crippen LogP) is 4.99. The van der Waals surface area contributed by atoms with Crippen LogP contribution in [-0.2, 0) is 9.09 Å². The second-order valence-electron chi connectivity index (χ2n) is 4.92. The summed E-state index contributed by atoms with van der Waals surface area (Å²) >= 11 is 0. The summed E-state index contributed by atoms with van der Waals surface area (Å²) in [7, 11) is -2.63. The van der Waals surface area contributed by atoms with Gasteiger partial charge in [0.1, 0.15) is 0 Å². The van der Waals surface area contributed by atoms with Gasteiger partial charge in [0.2, 0.25) is 7.37 Å². The largest absolute Gasteiger partial charge is 0.326 e. The first kappa shape index (κ1) is 16.5. The van der Waals surface area contributed by atoms with Crippen LogP contribution < -0.4 is 5.30 Å². The summed E-state index contributed by atoms with van der Waals surface area (Å²) in [5.41, 5.74) is 0. The van der Waals surface area contributed by atoms with Crippen LogP contribution in [-0.4, -0.2) is 12.8 Å². The smallest absolute Gasteiger partial charge is 0.232 e. The van der Waals surface area contributed by atoms with Crippen molar-refractivity contribution in [1.82, 2.24) is 0 Å². The molecule has 0 heterocycles. The Morgan fingerprint density at radius 1 is 0.947 bits per heavy atom. The molecule has 1 atom stereocenters. The van der Waals surface area contributed by atoms with E-state index in [1.807, 2.05) is 37.3 Å². The topological polar surface area (TPSA) is 26.3 Å². The minimum absolute atomic E-state index is 0.516. The second-order valence-corrected chi connectivity index (χ2v) is 7.49. The van der Waals surface area contributed by atoms with Crippen LogP contribution in [0.1, 0.15) is 52.4 Å². The van der Waals surface area contributed by atoms with Gasteiger partial charge in [-0.2, -0.15) is 0 Å². The number of hydrogen-bond acceptors (Lipinski definition) is 2. The van der Waals surface area contributed by atoms with Gasteiger partial charge in [0.05, 0.1) is 6.61 Å². The third-order valence-electron chi connectivity index (χ3n) is 3.29. The second kappa shape index (κ2) is 9.34. The molecule has 108 valence electrons. The summed E-state index contributed by atoms with van der Waals surface area (Å²) in [6.45, 7) is 4.65. The Labute approximate surface area is 118 Å². The van der Waals surface area contributed by atoms with Crippen molar-refractivity contribution in [3.8, 4) is 0 Å². The van der Waals surface area contributed by atoms with Gasteiger partial charge >= 0.3 is 0 Å². The maximum Gasteiger partial charge on any atom is 0.232 e. The van der Waals surface area contributed by atoms with E-state index in [1.165, 1.54) is 25.7 Å². The zero-order valence-corrected chi connectivity index (χ0v) is 13.2. The van der Waals surface area contributed by atoms with E-state index in [4.69, 9.17) is 4.52 Å². The van der Waals surface area contributed by atoms with Crippen LogP contribution in [0.25, 0.3) is 0 Å². The van der Waals surface area contributed by atoms with Gasteiger partial charge in [0.15, 0.2) is 0 Å². The third kappa shape index (κ3) is 5.93. The Balaban J connectivity index is 2.46. The molecule has 0 aliphatic heterocycles. The number of hydrogen-bond donors (Lipinski definition) is 0. The maximum atomic E-state index is 12.9. The third-order valence-corrected chi connectivity index (χ3v) is 5.96. The normalized spacial score (nSPS) is 14.2. The molecular formula is C16H27O2P. The van der Waals surface area contributed by atoms with E-state index in [2.05, 4.69) is 6.92 Å². The molecule has 0 saturated carbocycles. The zero-order valence-electron chi connectivity index (χ0n) is 12.3. The molecule has 0 aliphatic carbocycles. The molecule has 19 heavy (non-hydrogen) atoms. The average molecular weight is 282 g/mol. The first-order chi connectivity index (χ1) is 9.23. The highest BCUT2D eigenvalue weighted by molar-refractivity contribution is 7.67. The number of rotatable bonds is 10. The van der Waals surface area contributed by atoms with Gasteiger partial charge < -0.3 is 4.52 Å². The standard InChI is InChI=1S/C16H27O2P/c1-3-5-6-7-8-12-15-19(17,18-4-2)16-13-10-9-11-14-16/h9-11,13-14H,3-8,12,15H2,1-2H3. The van der Waals surface area contributed by atoms with Crippen molar-refractivity contribution in [2.75, 3.05) is 12.8 Å². The fraction of sp³-hybridized carbons (Fsp3) is 0.625. The Morgan fingerprint density at radius 3 is 2.21 bits per heavy atom. The fourth-order valence-electron chi connectivity index (χ4n) is 2.23. The Morgan fingerprint density at radius 2 is 1.58 bits per heavy atom. The van der Waals surface area contributed by atoms with Crippen LogP contribution in [0, 0.1) is 0 Å². The summed E-state index contributed by atoms with van der Waals surface area (Å²) in [6, 6.07) is 9.66. The number of unbranched alkanes of at least 4 members (excludes halogenated alkanes) is 5. The monoisotopic (exact) mass is 282 g/mol. The van der Waals surface area contributed by atoms with E-state index >= 15 is 0 Å². The molecule has 1 aromatic carbocycles. The molecule has 3 heteroatoms. The highest BCUT2D eigenvalue weighted by Gasteiger charge is 2.24. The molecule has 0 bridgehead atoms. The van der Waals surface area contributed by atoms with Crippen molar-refractivity contribution in [1.29, 1.82) is 0 Å². The highest BCUT2D eigenvalue weighted by atomic mass is 31.2. The highest BCUT2D eigenvalue weighted by Crippen LogP contribution is 2.46. The van der Waals surface area contributed by atoms with Crippen molar-refractivity contribution in [3.63, 3.8) is 0 Å². The molecule has 0 N–H and O–H groups in total. The molecule has 1 rings (SSSR count). The van der Waals surface area contributed by atoms with Gasteiger partial charge in [-0.3, -0.25) is 4.57 Å². The fourth-order valence-corrected chi connectivity index (χ4v) is 4.45. The van der Waals surface area contributed by atoms with Crippen molar-refractivity contribution in [2.24, 2.45) is 0 Å². The summed E-state index contributed by atoms with van der Waals surface area (Å²) in [5, 5.41) is 0.866. The quantitative estimate of drug-likeness (QED) is 0.446. The van der Waals surface area contributed by atoms with Gasteiger partial charge in [-0.05, 0) is 25.5 Å².